The molecule has 6 heteroatoms. The number of hydrogen-bond acceptors (Lipinski definition) is 3. The molecule has 0 aliphatic carbocycles. The third-order valence-electron chi connectivity index (χ3n) is 3.98. The first-order chi connectivity index (χ1) is 11.0. The summed E-state index contributed by atoms with van der Waals surface area (Å²) >= 11 is 6.12. The van der Waals surface area contributed by atoms with Crippen molar-refractivity contribution >= 4 is 29.1 Å². The van der Waals surface area contributed by atoms with E-state index in [2.05, 4.69) is 5.32 Å². The van der Waals surface area contributed by atoms with E-state index in [1.807, 2.05) is 19.1 Å². The maximum atomic E-state index is 12.2. The van der Waals surface area contributed by atoms with E-state index in [0.717, 1.165) is 11.3 Å². The quantitative estimate of drug-likeness (QED) is 0.936. The van der Waals surface area contributed by atoms with Gasteiger partial charge in [0.2, 0.25) is 11.8 Å². The number of furan rings is 1. The molecule has 1 saturated heterocycles. The van der Waals surface area contributed by atoms with E-state index >= 15 is 0 Å². The van der Waals surface area contributed by atoms with Crippen molar-refractivity contribution in [1.29, 1.82) is 0 Å². The van der Waals surface area contributed by atoms with Gasteiger partial charge >= 0.3 is 0 Å². The van der Waals surface area contributed by atoms with Gasteiger partial charge in [0.15, 0.2) is 0 Å². The number of anilines is 1. The molecule has 0 saturated carbocycles. The normalized spacial score (nSPS) is 17.6. The number of nitrogens with one attached hydrogen (secondary N) is 1. The first-order valence-corrected chi connectivity index (χ1v) is 7.79. The van der Waals surface area contributed by atoms with Gasteiger partial charge in [-0.1, -0.05) is 17.7 Å². The smallest absolute Gasteiger partial charge is 0.227 e. The van der Waals surface area contributed by atoms with Crippen molar-refractivity contribution in [3.05, 3.63) is 52.9 Å². The third kappa shape index (κ3) is 3.40. The molecular formula is C17H17ClN2O3. The van der Waals surface area contributed by atoms with Crippen molar-refractivity contribution < 1.29 is 14.0 Å². The van der Waals surface area contributed by atoms with Crippen LogP contribution in [-0.2, 0) is 16.1 Å². The number of benzene rings is 1. The minimum Gasteiger partial charge on any atom is -0.467 e. The van der Waals surface area contributed by atoms with Crippen LogP contribution in [0.15, 0.2) is 41.0 Å². The summed E-state index contributed by atoms with van der Waals surface area (Å²) in [5, 5.41) is 3.41. The molecule has 5 nitrogen and oxygen atoms in total. The van der Waals surface area contributed by atoms with Crippen LogP contribution in [-0.4, -0.2) is 18.4 Å². The summed E-state index contributed by atoms with van der Waals surface area (Å²) in [7, 11) is 0. The number of aryl methyl sites for hydroxylation is 1. The predicted molar refractivity (Wildman–Crippen MR) is 87.2 cm³/mol. The molecular weight excluding hydrogens is 316 g/mol. The van der Waals surface area contributed by atoms with Gasteiger partial charge in [0.25, 0.3) is 0 Å². The lowest BCUT2D eigenvalue weighted by Crippen LogP contribution is -2.32. The molecule has 2 amide bonds. The van der Waals surface area contributed by atoms with Crippen molar-refractivity contribution in [3.8, 4) is 0 Å². The van der Waals surface area contributed by atoms with Gasteiger partial charge in [0, 0.05) is 23.7 Å². The summed E-state index contributed by atoms with van der Waals surface area (Å²) in [5.74, 6) is 0.112. The lowest BCUT2D eigenvalue weighted by molar-refractivity contribution is -0.126. The number of amides is 2. The van der Waals surface area contributed by atoms with Crippen molar-refractivity contribution in [3.63, 3.8) is 0 Å². The summed E-state index contributed by atoms with van der Waals surface area (Å²) in [4.78, 5) is 26.0. The Kier molecular flexibility index (Phi) is 4.39. The molecule has 2 heterocycles. The van der Waals surface area contributed by atoms with E-state index < -0.39 is 0 Å². The van der Waals surface area contributed by atoms with E-state index in [9.17, 15) is 9.59 Å². The molecule has 1 N–H and O–H groups in total. The highest BCUT2D eigenvalue weighted by molar-refractivity contribution is 6.31. The Balaban J connectivity index is 1.64. The van der Waals surface area contributed by atoms with Crippen molar-refractivity contribution in [2.45, 2.75) is 19.9 Å². The average molecular weight is 333 g/mol. The Hall–Kier alpha value is -2.27. The topological polar surface area (TPSA) is 62.6 Å². The Labute approximate surface area is 139 Å². The molecule has 0 spiro atoms. The van der Waals surface area contributed by atoms with Crippen LogP contribution >= 0.6 is 11.6 Å². The molecule has 23 heavy (non-hydrogen) atoms. The molecule has 1 aromatic heterocycles. The van der Waals surface area contributed by atoms with Crippen LogP contribution in [0.2, 0.25) is 5.02 Å². The number of carbonyl (C=O) groups excluding carboxylic acids is 2. The summed E-state index contributed by atoms with van der Waals surface area (Å²) < 4.78 is 5.18. The monoisotopic (exact) mass is 332 g/mol. The number of nitrogens with zero attached hydrogens (tertiary/aromatic N) is 1. The van der Waals surface area contributed by atoms with Gasteiger partial charge in [-0.3, -0.25) is 9.59 Å². The van der Waals surface area contributed by atoms with E-state index in [1.165, 1.54) is 0 Å². The lowest BCUT2D eigenvalue weighted by atomic mass is 10.1. The Morgan fingerprint density at radius 1 is 1.43 bits per heavy atom. The van der Waals surface area contributed by atoms with Gasteiger partial charge < -0.3 is 14.6 Å². The van der Waals surface area contributed by atoms with Gasteiger partial charge in [-0.05, 0) is 36.8 Å². The fourth-order valence-electron chi connectivity index (χ4n) is 2.61. The van der Waals surface area contributed by atoms with Crippen LogP contribution in [0.25, 0.3) is 0 Å². The summed E-state index contributed by atoms with van der Waals surface area (Å²) in [6.07, 6.45) is 1.76. The summed E-state index contributed by atoms with van der Waals surface area (Å²) in [5.41, 5.74) is 1.68. The van der Waals surface area contributed by atoms with Crippen LogP contribution in [0.1, 0.15) is 17.7 Å². The SMILES string of the molecule is Cc1ccc(N2C[C@@H](C(=O)NCc3ccco3)CC2=O)cc1Cl. The highest BCUT2D eigenvalue weighted by Gasteiger charge is 2.35. The molecule has 0 bridgehead atoms. The second kappa shape index (κ2) is 6.46. The van der Waals surface area contributed by atoms with E-state index in [0.29, 0.717) is 23.9 Å². The molecule has 0 radical (unpaired) electrons. The zero-order valence-corrected chi connectivity index (χ0v) is 13.5. The average Bonchev–Trinajstić information content (AvgIpc) is 3.17. The highest BCUT2D eigenvalue weighted by Crippen LogP contribution is 2.28. The summed E-state index contributed by atoms with van der Waals surface area (Å²) in [6.45, 7) is 2.60. The zero-order chi connectivity index (χ0) is 16.4. The molecule has 1 aromatic carbocycles. The molecule has 1 atom stereocenters. The van der Waals surface area contributed by atoms with E-state index in [1.54, 1.807) is 29.4 Å². The maximum Gasteiger partial charge on any atom is 0.227 e. The van der Waals surface area contributed by atoms with Crippen molar-refractivity contribution in [2.75, 3.05) is 11.4 Å². The van der Waals surface area contributed by atoms with Crippen LogP contribution < -0.4 is 10.2 Å². The first kappa shape index (κ1) is 15.6. The van der Waals surface area contributed by atoms with Crippen LogP contribution in [0, 0.1) is 12.8 Å². The fourth-order valence-corrected chi connectivity index (χ4v) is 2.79. The maximum absolute atomic E-state index is 12.2. The third-order valence-corrected chi connectivity index (χ3v) is 4.39. The van der Waals surface area contributed by atoms with Gasteiger partial charge in [-0.25, -0.2) is 0 Å². The minimum absolute atomic E-state index is 0.0666. The van der Waals surface area contributed by atoms with Gasteiger partial charge in [0.1, 0.15) is 5.76 Å². The van der Waals surface area contributed by atoms with Gasteiger partial charge in [0.05, 0.1) is 18.7 Å². The van der Waals surface area contributed by atoms with Crippen molar-refractivity contribution in [2.24, 2.45) is 5.92 Å². The minimum atomic E-state index is -0.363. The number of hydrogen-bond donors (Lipinski definition) is 1. The molecule has 120 valence electrons. The molecule has 1 aliphatic rings. The molecule has 1 fully saturated rings. The molecule has 2 aromatic rings. The summed E-state index contributed by atoms with van der Waals surface area (Å²) in [6, 6.07) is 9.04. The first-order valence-electron chi connectivity index (χ1n) is 7.41. The highest BCUT2D eigenvalue weighted by atomic mass is 35.5. The predicted octanol–water partition coefficient (Wildman–Crippen LogP) is 2.91. The number of rotatable bonds is 4. The van der Waals surface area contributed by atoms with Crippen LogP contribution in [0.5, 0.6) is 0 Å². The second-order valence-electron chi connectivity index (χ2n) is 5.64. The molecule has 0 unspecified atom stereocenters. The van der Waals surface area contributed by atoms with E-state index in [-0.39, 0.29) is 24.2 Å². The van der Waals surface area contributed by atoms with Gasteiger partial charge in [-0.15, -0.1) is 0 Å². The molecule has 1 aliphatic heterocycles. The van der Waals surface area contributed by atoms with Crippen molar-refractivity contribution in [1.82, 2.24) is 5.32 Å². The number of halogens is 1. The van der Waals surface area contributed by atoms with Crippen LogP contribution in [0.3, 0.4) is 0 Å². The van der Waals surface area contributed by atoms with Crippen LogP contribution in [0.4, 0.5) is 5.69 Å². The standard InChI is InChI=1S/C17H17ClN2O3/c1-11-4-5-13(8-15(11)18)20-10-12(7-16(20)21)17(22)19-9-14-3-2-6-23-14/h2-6,8,12H,7,9-10H2,1H3,(H,19,22)/t12-/m0/s1. The number of carbonyl (C=O) groups is 2. The Morgan fingerprint density at radius 3 is 2.96 bits per heavy atom. The zero-order valence-electron chi connectivity index (χ0n) is 12.7. The Morgan fingerprint density at radius 2 is 2.26 bits per heavy atom. The lowest BCUT2D eigenvalue weighted by Gasteiger charge is -2.17. The largest absolute Gasteiger partial charge is 0.467 e. The molecule has 3 rings (SSSR count). The van der Waals surface area contributed by atoms with E-state index in [4.69, 9.17) is 16.0 Å². The van der Waals surface area contributed by atoms with Gasteiger partial charge in [-0.2, -0.15) is 0 Å². The fraction of sp³-hybridized carbons (Fsp3) is 0.294. The second-order valence-corrected chi connectivity index (χ2v) is 6.04. The Bertz CT molecular complexity index is 727.